The van der Waals surface area contributed by atoms with Crippen LogP contribution in [0.25, 0.3) is 17.1 Å². The van der Waals surface area contributed by atoms with E-state index in [0.29, 0.717) is 17.5 Å². The van der Waals surface area contributed by atoms with Crippen molar-refractivity contribution in [3.8, 4) is 22.9 Å². The quantitative estimate of drug-likeness (QED) is 0.459. The Morgan fingerprint density at radius 3 is 2.81 bits per heavy atom. The number of ether oxygens (including phenoxy) is 1. The lowest BCUT2D eigenvalue weighted by Gasteiger charge is -2.08. The molecule has 0 fully saturated rings. The minimum absolute atomic E-state index is 0.529. The molecule has 136 valence electrons. The standard InChI is InChI=1S/C20H18N4O2S/c1-14-6-8-15(9-7-14)19-22-18(23-26-19)13-27-20-21-10-11-24(20)16-4-3-5-17(12-16)25-2/h3-12H,13H2,1-2H3. The van der Waals surface area contributed by atoms with E-state index < -0.39 is 0 Å². The van der Waals surface area contributed by atoms with Gasteiger partial charge in [-0.05, 0) is 31.2 Å². The molecule has 0 aliphatic carbocycles. The van der Waals surface area contributed by atoms with Crippen molar-refractivity contribution in [2.24, 2.45) is 0 Å². The number of rotatable bonds is 6. The average molecular weight is 378 g/mol. The van der Waals surface area contributed by atoms with Crippen LogP contribution in [0.5, 0.6) is 5.75 Å². The van der Waals surface area contributed by atoms with E-state index in [1.807, 2.05) is 66.2 Å². The van der Waals surface area contributed by atoms with E-state index in [4.69, 9.17) is 9.26 Å². The molecular formula is C20H18N4O2S. The minimum Gasteiger partial charge on any atom is -0.497 e. The first-order valence-corrected chi connectivity index (χ1v) is 9.42. The Kier molecular flexibility index (Phi) is 4.93. The number of methoxy groups -OCH3 is 1. The summed E-state index contributed by atoms with van der Waals surface area (Å²) < 4.78 is 12.7. The van der Waals surface area contributed by atoms with Crippen molar-refractivity contribution in [2.75, 3.05) is 7.11 Å². The van der Waals surface area contributed by atoms with E-state index in [2.05, 4.69) is 15.1 Å². The first-order chi connectivity index (χ1) is 13.2. The van der Waals surface area contributed by atoms with Gasteiger partial charge in [0.2, 0.25) is 0 Å². The van der Waals surface area contributed by atoms with E-state index in [1.54, 1.807) is 25.1 Å². The molecule has 0 aliphatic rings. The fourth-order valence-corrected chi connectivity index (χ4v) is 3.42. The summed E-state index contributed by atoms with van der Waals surface area (Å²) in [4.78, 5) is 8.92. The monoisotopic (exact) mass is 378 g/mol. The largest absolute Gasteiger partial charge is 0.497 e. The molecule has 0 radical (unpaired) electrons. The molecule has 27 heavy (non-hydrogen) atoms. The number of aryl methyl sites for hydroxylation is 1. The summed E-state index contributed by atoms with van der Waals surface area (Å²) in [6, 6.07) is 15.9. The fourth-order valence-electron chi connectivity index (χ4n) is 2.61. The van der Waals surface area contributed by atoms with Gasteiger partial charge in [0, 0.05) is 24.0 Å². The lowest BCUT2D eigenvalue weighted by atomic mass is 10.1. The summed E-state index contributed by atoms with van der Waals surface area (Å²) in [5.74, 6) is 2.53. The maximum Gasteiger partial charge on any atom is 0.257 e. The summed E-state index contributed by atoms with van der Waals surface area (Å²) in [6.07, 6.45) is 3.70. The highest BCUT2D eigenvalue weighted by atomic mass is 32.2. The maximum absolute atomic E-state index is 5.39. The Morgan fingerprint density at radius 2 is 2.00 bits per heavy atom. The molecule has 2 aromatic carbocycles. The van der Waals surface area contributed by atoms with Crippen molar-refractivity contribution < 1.29 is 9.26 Å². The third kappa shape index (κ3) is 3.88. The molecule has 2 aromatic heterocycles. The predicted molar refractivity (Wildman–Crippen MR) is 104 cm³/mol. The van der Waals surface area contributed by atoms with Crippen LogP contribution in [0.15, 0.2) is 70.6 Å². The van der Waals surface area contributed by atoms with E-state index in [9.17, 15) is 0 Å². The van der Waals surface area contributed by atoms with Crippen LogP contribution in [0.2, 0.25) is 0 Å². The molecule has 0 N–H and O–H groups in total. The van der Waals surface area contributed by atoms with E-state index >= 15 is 0 Å². The number of thioether (sulfide) groups is 1. The molecule has 0 bridgehead atoms. The molecule has 0 atom stereocenters. The van der Waals surface area contributed by atoms with Gasteiger partial charge >= 0.3 is 0 Å². The number of aromatic nitrogens is 4. The highest BCUT2D eigenvalue weighted by Gasteiger charge is 2.12. The number of hydrogen-bond acceptors (Lipinski definition) is 6. The Bertz CT molecular complexity index is 1040. The van der Waals surface area contributed by atoms with Crippen LogP contribution in [0, 0.1) is 6.92 Å². The third-order valence-corrected chi connectivity index (χ3v) is 5.00. The smallest absolute Gasteiger partial charge is 0.257 e. The second kappa shape index (κ2) is 7.67. The van der Waals surface area contributed by atoms with E-state index in [0.717, 1.165) is 22.2 Å². The fraction of sp³-hybridized carbons (Fsp3) is 0.150. The summed E-state index contributed by atoms with van der Waals surface area (Å²) in [5, 5.41) is 4.93. The van der Waals surface area contributed by atoms with Crippen molar-refractivity contribution >= 4 is 11.8 Å². The average Bonchev–Trinajstić information content (AvgIpc) is 3.36. The topological polar surface area (TPSA) is 66.0 Å². The van der Waals surface area contributed by atoms with Crippen LogP contribution in [0.4, 0.5) is 0 Å². The molecule has 7 heteroatoms. The Balaban J connectivity index is 1.49. The van der Waals surface area contributed by atoms with Gasteiger partial charge < -0.3 is 9.26 Å². The zero-order valence-corrected chi connectivity index (χ0v) is 15.8. The van der Waals surface area contributed by atoms with Crippen LogP contribution in [-0.4, -0.2) is 26.8 Å². The first-order valence-electron chi connectivity index (χ1n) is 8.43. The van der Waals surface area contributed by atoms with Gasteiger partial charge in [-0.3, -0.25) is 4.57 Å². The second-order valence-corrected chi connectivity index (χ2v) is 6.89. The van der Waals surface area contributed by atoms with Crippen molar-refractivity contribution in [2.45, 2.75) is 17.8 Å². The SMILES string of the molecule is COc1cccc(-n2ccnc2SCc2noc(-c3ccc(C)cc3)n2)c1. The van der Waals surface area contributed by atoms with Crippen LogP contribution >= 0.6 is 11.8 Å². The number of benzene rings is 2. The van der Waals surface area contributed by atoms with Gasteiger partial charge in [0.15, 0.2) is 11.0 Å². The summed E-state index contributed by atoms with van der Waals surface area (Å²) in [5.41, 5.74) is 3.10. The number of nitrogens with zero attached hydrogens (tertiary/aromatic N) is 4. The van der Waals surface area contributed by atoms with E-state index in [-0.39, 0.29) is 0 Å². The molecule has 0 amide bonds. The van der Waals surface area contributed by atoms with Crippen molar-refractivity contribution in [3.05, 3.63) is 72.3 Å². The summed E-state index contributed by atoms with van der Waals surface area (Å²) in [7, 11) is 1.66. The van der Waals surface area contributed by atoms with Crippen LogP contribution in [0.3, 0.4) is 0 Å². The first kappa shape index (κ1) is 17.4. The van der Waals surface area contributed by atoms with Gasteiger partial charge in [-0.25, -0.2) is 4.98 Å². The van der Waals surface area contributed by atoms with Crippen molar-refractivity contribution in [1.82, 2.24) is 19.7 Å². The zero-order valence-electron chi connectivity index (χ0n) is 15.0. The highest BCUT2D eigenvalue weighted by molar-refractivity contribution is 7.98. The lowest BCUT2D eigenvalue weighted by Crippen LogP contribution is -1.96. The van der Waals surface area contributed by atoms with Crippen LogP contribution < -0.4 is 4.74 Å². The van der Waals surface area contributed by atoms with Crippen LogP contribution in [-0.2, 0) is 5.75 Å². The van der Waals surface area contributed by atoms with Crippen molar-refractivity contribution in [1.29, 1.82) is 0 Å². The molecule has 0 unspecified atom stereocenters. The van der Waals surface area contributed by atoms with Gasteiger partial charge in [-0.15, -0.1) is 0 Å². The Morgan fingerprint density at radius 1 is 1.15 bits per heavy atom. The normalized spacial score (nSPS) is 10.9. The summed E-state index contributed by atoms with van der Waals surface area (Å²) in [6.45, 7) is 2.05. The molecule has 0 aliphatic heterocycles. The number of hydrogen-bond donors (Lipinski definition) is 0. The molecule has 2 heterocycles. The second-order valence-electron chi connectivity index (χ2n) is 5.95. The Hall–Kier alpha value is -3.06. The van der Waals surface area contributed by atoms with Gasteiger partial charge in [0.25, 0.3) is 5.89 Å². The predicted octanol–water partition coefficient (Wildman–Crippen LogP) is 4.53. The molecule has 0 saturated carbocycles. The van der Waals surface area contributed by atoms with Gasteiger partial charge in [-0.2, -0.15) is 4.98 Å². The van der Waals surface area contributed by atoms with E-state index in [1.165, 1.54) is 5.56 Å². The molecule has 4 aromatic rings. The van der Waals surface area contributed by atoms with Crippen LogP contribution in [0.1, 0.15) is 11.4 Å². The molecule has 4 rings (SSSR count). The Labute approximate surface area is 161 Å². The summed E-state index contributed by atoms with van der Waals surface area (Å²) >= 11 is 1.55. The zero-order chi connectivity index (χ0) is 18.6. The minimum atomic E-state index is 0.529. The molecule has 0 saturated heterocycles. The maximum atomic E-state index is 5.39. The van der Waals surface area contributed by atoms with Crippen molar-refractivity contribution in [3.63, 3.8) is 0 Å². The van der Waals surface area contributed by atoms with Gasteiger partial charge in [0.05, 0.1) is 18.6 Å². The lowest BCUT2D eigenvalue weighted by molar-refractivity contribution is 0.414. The number of imidazole rings is 1. The third-order valence-electron chi connectivity index (χ3n) is 4.04. The highest BCUT2D eigenvalue weighted by Crippen LogP contribution is 2.26. The van der Waals surface area contributed by atoms with Gasteiger partial charge in [0.1, 0.15) is 5.75 Å². The van der Waals surface area contributed by atoms with Gasteiger partial charge in [-0.1, -0.05) is 40.7 Å². The molecule has 6 nitrogen and oxygen atoms in total. The molecular weight excluding hydrogens is 360 g/mol. The molecule has 0 spiro atoms.